The molecule has 4 rings (SSSR count). The molecule has 0 bridgehead atoms. The molecular formula is C16H12N2O5. The molecule has 3 heterocycles. The van der Waals surface area contributed by atoms with Crippen LogP contribution in [0.5, 0.6) is 11.5 Å². The highest BCUT2D eigenvalue weighted by Gasteiger charge is 2.20. The maximum atomic E-state index is 11.5. The smallest absolute Gasteiger partial charge is 0.336 e. The Balaban J connectivity index is 1.90. The molecule has 0 amide bonds. The molecule has 2 aromatic heterocycles. The van der Waals surface area contributed by atoms with Gasteiger partial charge in [0.15, 0.2) is 11.5 Å². The van der Waals surface area contributed by atoms with Gasteiger partial charge < -0.3 is 19.1 Å². The van der Waals surface area contributed by atoms with Crippen LogP contribution in [0.2, 0.25) is 0 Å². The molecule has 0 unspecified atom stereocenters. The Morgan fingerprint density at radius 1 is 1.17 bits per heavy atom. The Morgan fingerprint density at radius 3 is 2.74 bits per heavy atom. The maximum absolute atomic E-state index is 11.5. The number of aromatic carboxylic acids is 1. The van der Waals surface area contributed by atoms with Gasteiger partial charge in [0, 0.05) is 5.56 Å². The summed E-state index contributed by atoms with van der Waals surface area (Å²) in [6.07, 6.45) is 0. The second-order valence-corrected chi connectivity index (χ2v) is 5.17. The summed E-state index contributed by atoms with van der Waals surface area (Å²) in [5.41, 5.74) is 2.00. The number of carboxylic acid groups (broad SMARTS) is 1. The minimum absolute atomic E-state index is 0.110. The highest BCUT2D eigenvalue weighted by molar-refractivity contribution is 6.03. The number of ether oxygens (including phenoxy) is 2. The van der Waals surface area contributed by atoms with Crippen molar-refractivity contribution in [1.29, 1.82) is 0 Å². The van der Waals surface area contributed by atoms with Crippen LogP contribution in [0, 0.1) is 6.92 Å². The van der Waals surface area contributed by atoms with Crippen molar-refractivity contribution in [1.82, 2.24) is 10.1 Å². The zero-order valence-electron chi connectivity index (χ0n) is 12.2. The number of rotatable bonds is 2. The number of aromatic nitrogens is 2. The highest BCUT2D eigenvalue weighted by Crippen LogP contribution is 2.35. The first-order valence-electron chi connectivity index (χ1n) is 7.04. The third kappa shape index (κ3) is 2.17. The molecule has 0 atom stereocenters. The number of carbonyl (C=O) groups is 1. The van der Waals surface area contributed by atoms with Crippen LogP contribution in [0.3, 0.4) is 0 Å². The van der Waals surface area contributed by atoms with E-state index < -0.39 is 5.97 Å². The fourth-order valence-corrected chi connectivity index (χ4v) is 2.61. The molecule has 1 aliphatic heterocycles. The van der Waals surface area contributed by atoms with Crippen LogP contribution in [0.1, 0.15) is 16.1 Å². The number of hydrogen-bond acceptors (Lipinski definition) is 6. The molecule has 0 aliphatic carbocycles. The minimum atomic E-state index is -1.05. The molecule has 0 saturated heterocycles. The van der Waals surface area contributed by atoms with Crippen molar-refractivity contribution in [3.8, 4) is 22.8 Å². The average molecular weight is 312 g/mol. The third-order valence-electron chi connectivity index (χ3n) is 3.69. The minimum Gasteiger partial charge on any atom is -0.486 e. The van der Waals surface area contributed by atoms with Crippen LogP contribution < -0.4 is 9.47 Å². The monoisotopic (exact) mass is 312 g/mol. The zero-order chi connectivity index (χ0) is 16.0. The van der Waals surface area contributed by atoms with Crippen LogP contribution in [-0.2, 0) is 0 Å². The normalized spacial score (nSPS) is 13.3. The Kier molecular flexibility index (Phi) is 2.94. The zero-order valence-corrected chi connectivity index (χ0v) is 12.2. The van der Waals surface area contributed by atoms with Crippen LogP contribution in [0.25, 0.3) is 22.4 Å². The van der Waals surface area contributed by atoms with Crippen LogP contribution in [0.15, 0.2) is 28.8 Å². The lowest BCUT2D eigenvalue weighted by atomic mass is 10.1. The molecule has 3 aromatic rings. The molecule has 1 N–H and O–H groups in total. The van der Waals surface area contributed by atoms with Gasteiger partial charge in [0.2, 0.25) is 0 Å². The standard InChI is InChI=1S/C16H12N2O5/c1-8-14-10(16(19)20)7-11(17-15(14)23-18-8)9-2-3-12-13(6-9)22-5-4-21-12/h2-3,6-7H,4-5H2,1H3,(H,19,20). The van der Waals surface area contributed by atoms with E-state index >= 15 is 0 Å². The molecular weight excluding hydrogens is 300 g/mol. The largest absolute Gasteiger partial charge is 0.486 e. The molecule has 0 radical (unpaired) electrons. The first kappa shape index (κ1) is 13.6. The number of benzene rings is 1. The molecule has 23 heavy (non-hydrogen) atoms. The Hall–Kier alpha value is -3.09. The van der Waals surface area contributed by atoms with E-state index in [1.165, 1.54) is 6.07 Å². The van der Waals surface area contributed by atoms with Crippen molar-refractivity contribution in [2.24, 2.45) is 0 Å². The molecule has 0 fully saturated rings. The van der Waals surface area contributed by atoms with E-state index in [-0.39, 0.29) is 11.3 Å². The molecule has 7 nitrogen and oxygen atoms in total. The summed E-state index contributed by atoms with van der Waals surface area (Å²) < 4.78 is 16.2. The maximum Gasteiger partial charge on any atom is 0.336 e. The number of nitrogens with zero attached hydrogens (tertiary/aromatic N) is 2. The second-order valence-electron chi connectivity index (χ2n) is 5.17. The van der Waals surface area contributed by atoms with E-state index in [0.717, 1.165) is 0 Å². The fourth-order valence-electron chi connectivity index (χ4n) is 2.61. The second kappa shape index (κ2) is 4.98. The van der Waals surface area contributed by atoms with Crippen molar-refractivity contribution in [3.05, 3.63) is 35.5 Å². The third-order valence-corrected chi connectivity index (χ3v) is 3.69. The van der Waals surface area contributed by atoms with Crippen LogP contribution >= 0.6 is 0 Å². The lowest BCUT2D eigenvalue weighted by molar-refractivity contribution is 0.0699. The average Bonchev–Trinajstić information content (AvgIpc) is 2.95. The summed E-state index contributed by atoms with van der Waals surface area (Å²) >= 11 is 0. The first-order chi connectivity index (χ1) is 11.1. The van der Waals surface area contributed by atoms with Gasteiger partial charge in [-0.15, -0.1) is 0 Å². The van der Waals surface area contributed by atoms with Crippen molar-refractivity contribution in [2.45, 2.75) is 6.92 Å². The number of pyridine rings is 1. The molecule has 116 valence electrons. The number of carboxylic acids is 1. The fraction of sp³-hybridized carbons (Fsp3) is 0.188. The number of fused-ring (bicyclic) bond motifs is 2. The predicted molar refractivity (Wildman–Crippen MR) is 79.9 cm³/mol. The van der Waals surface area contributed by atoms with Gasteiger partial charge >= 0.3 is 5.97 Å². The Morgan fingerprint density at radius 2 is 1.96 bits per heavy atom. The highest BCUT2D eigenvalue weighted by atomic mass is 16.6. The van der Waals surface area contributed by atoms with E-state index in [4.69, 9.17) is 14.0 Å². The Bertz CT molecular complexity index is 932. The SMILES string of the molecule is Cc1noc2nc(-c3ccc4c(c3)OCCO4)cc(C(=O)O)c12. The first-order valence-corrected chi connectivity index (χ1v) is 7.04. The van der Waals surface area contributed by atoms with Gasteiger partial charge in [0.25, 0.3) is 5.71 Å². The van der Waals surface area contributed by atoms with Gasteiger partial charge in [-0.25, -0.2) is 9.78 Å². The summed E-state index contributed by atoms with van der Waals surface area (Å²) in [4.78, 5) is 15.9. The van der Waals surface area contributed by atoms with Gasteiger partial charge in [-0.05, 0) is 31.2 Å². The molecule has 7 heteroatoms. The Labute approximate surface area is 130 Å². The topological polar surface area (TPSA) is 94.7 Å². The summed E-state index contributed by atoms with van der Waals surface area (Å²) in [7, 11) is 0. The van der Waals surface area contributed by atoms with Crippen molar-refractivity contribution in [2.75, 3.05) is 13.2 Å². The van der Waals surface area contributed by atoms with Crippen molar-refractivity contribution < 1.29 is 23.9 Å². The molecule has 0 saturated carbocycles. The van der Waals surface area contributed by atoms with E-state index in [9.17, 15) is 9.90 Å². The van der Waals surface area contributed by atoms with Gasteiger partial charge in [-0.3, -0.25) is 0 Å². The van der Waals surface area contributed by atoms with E-state index in [2.05, 4.69) is 10.1 Å². The van der Waals surface area contributed by atoms with E-state index in [1.807, 2.05) is 0 Å². The number of hydrogen-bond donors (Lipinski definition) is 1. The summed E-state index contributed by atoms with van der Waals surface area (Å²) in [6.45, 7) is 2.67. The predicted octanol–water partition coefficient (Wildman–Crippen LogP) is 2.67. The molecule has 1 aliphatic rings. The van der Waals surface area contributed by atoms with Crippen LogP contribution in [0.4, 0.5) is 0 Å². The van der Waals surface area contributed by atoms with Gasteiger partial charge in [-0.1, -0.05) is 5.16 Å². The van der Waals surface area contributed by atoms with Crippen molar-refractivity contribution >= 4 is 17.1 Å². The van der Waals surface area contributed by atoms with Gasteiger partial charge in [0.1, 0.15) is 13.2 Å². The van der Waals surface area contributed by atoms with E-state index in [0.29, 0.717) is 47.1 Å². The van der Waals surface area contributed by atoms with Gasteiger partial charge in [-0.2, -0.15) is 0 Å². The molecule has 1 aromatic carbocycles. The quantitative estimate of drug-likeness (QED) is 0.777. The summed E-state index contributed by atoms with van der Waals surface area (Å²) in [5, 5.41) is 13.7. The van der Waals surface area contributed by atoms with Crippen molar-refractivity contribution in [3.63, 3.8) is 0 Å². The molecule has 0 spiro atoms. The van der Waals surface area contributed by atoms with Gasteiger partial charge in [0.05, 0.1) is 22.3 Å². The van der Waals surface area contributed by atoms with Crippen LogP contribution in [-0.4, -0.2) is 34.4 Å². The lowest BCUT2D eigenvalue weighted by Gasteiger charge is -2.18. The van der Waals surface area contributed by atoms with E-state index in [1.54, 1.807) is 25.1 Å². The summed E-state index contributed by atoms with van der Waals surface area (Å²) in [6, 6.07) is 6.87. The number of aryl methyl sites for hydroxylation is 1. The lowest BCUT2D eigenvalue weighted by Crippen LogP contribution is -2.15. The summed E-state index contributed by atoms with van der Waals surface area (Å²) in [5.74, 6) is 0.221.